The van der Waals surface area contributed by atoms with E-state index in [-0.39, 0.29) is 0 Å². The van der Waals surface area contributed by atoms with Crippen molar-refractivity contribution in [1.29, 1.82) is 5.26 Å². The SMILES string of the molecule is CCOc1cc(CNc2ccc(C#N)cn2)ccn1. The molecular formula is C14H14N4O. The topological polar surface area (TPSA) is 70.8 Å². The van der Waals surface area contributed by atoms with Crippen molar-refractivity contribution in [3.05, 3.63) is 47.8 Å². The molecule has 0 aliphatic rings. The summed E-state index contributed by atoms with van der Waals surface area (Å²) in [6, 6.07) is 9.35. The van der Waals surface area contributed by atoms with Gasteiger partial charge >= 0.3 is 0 Å². The molecule has 0 aliphatic heterocycles. The van der Waals surface area contributed by atoms with Crippen LogP contribution in [0, 0.1) is 11.3 Å². The van der Waals surface area contributed by atoms with E-state index in [4.69, 9.17) is 10.00 Å². The van der Waals surface area contributed by atoms with Gasteiger partial charge in [0.05, 0.1) is 12.2 Å². The number of nitrogens with one attached hydrogen (secondary N) is 1. The normalized spacial score (nSPS) is 9.68. The minimum Gasteiger partial charge on any atom is -0.478 e. The Labute approximate surface area is 111 Å². The lowest BCUT2D eigenvalue weighted by Crippen LogP contribution is -2.02. The molecule has 0 saturated heterocycles. The van der Waals surface area contributed by atoms with Crippen molar-refractivity contribution in [2.75, 3.05) is 11.9 Å². The molecule has 0 bridgehead atoms. The summed E-state index contributed by atoms with van der Waals surface area (Å²) < 4.78 is 5.34. The maximum Gasteiger partial charge on any atom is 0.213 e. The van der Waals surface area contributed by atoms with Gasteiger partial charge in [0.25, 0.3) is 0 Å². The first kappa shape index (κ1) is 12.8. The summed E-state index contributed by atoms with van der Waals surface area (Å²) in [5.74, 6) is 1.35. The fourth-order valence-electron chi connectivity index (χ4n) is 1.54. The lowest BCUT2D eigenvalue weighted by molar-refractivity contribution is 0.326. The molecule has 19 heavy (non-hydrogen) atoms. The van der Waals surface area contributed by atoms with Gasteiger partial charge in [0.2, 0.25) is 5.88 Å². The number of anilines is 1. The summed E-state index contributed by atoms with van der Waals surface area (Å²) in [5, 5.41) is 11.9. The quantitative estimate of drug-likeness (QED) is 0.886. The third-order valence-electron chi connectivity index (χ3n) is 2.46. The Kier molecular flexibility index (Phi) is 4.29. The van der Waals surface area contributed by atoms with E-state index in [1.165, 1.54) is 0 Å². The first-order valence-corrected chi connectivity index (χ1v) is 5.99. The monoisotopic (exact) mass is 254 g/mol. The zero-order chi connectivity index (χ0) is 13.5. The van der Waals surface area contributed by atoms with E-state index in [0.717, 1.165) is 11.4 Å². The molecule has 0 saturated carbocycles. The first-order chi connectivity index (χ1) is 9.31. The van der Waals surface area contributed by atoms with Crippen LogP contribution in [-0.4, -0.2) is 16.6 Å². The van der Waals surface area contributed by atoms with Crippen LogP contribution >= 0.6 is 0 Å². The van der Waals surface area contributed by atoms with Crippen LogP contribution in [-0.2, 0) is 6.54 Å². The number of nitrogens with zero attached hydrogens (tertiary/aromatic N) is 3. The summed E-state index contributed by atoms with van der Waals surface area (Å²) >= 11 is 0. The van der Waals surface area contributed by atoms with E-state index >= 15 is 0 Å². The fourth-order valence-corrected chi connectivity index (χ4v) is 1.54. The second kappa shape index (κ2) is 6.36. The van der Waals surface area contributed by atoms with Gasteiger partial charge in [-0.25, -0.2) is 9.97 Å². The van der Waals surface area contributed by atoms with E-state index in [1.54, 1.807) is 24.5 Å². The standard InChI is InChI=1S/C14H14N4O/c1-2-19-14-7-11(5-6-16-14)9-17-13-4-3-12(8-15)10-18-13/h3-7,10H,2,9H2,1H3,(H,17,18). The summed E-state index contributed by atoms with van der Waals surface area (Å²) in [6.07, 6.45) is 3.26. The average Bonchev–Trinajstić information content (AvgIpc) is 2.46. The largest absolute Gasteiger partial charge is 0.478 e. The molecular weight excluding hydrogens is 240 g/mol. The molecule has 0 aromatic carbocycles. The highest BCUT2D eigenvalue weighted by molar-refractivity contribution is 5.39. The van der Waals surface area contributed by atoms with Gasteiger partial charge in [0, 0.05) is 25.0 Å². The highest BCUT2D eigenvalue weighted by Gasteiger charge is 1.99. The molecule has 0 aliphatic carbocycles. The lowest BCUT2D eigenvalue weighted by atomic mass is 10.2. The van der Waals surface area contributed by atoms with Gasteiger partial charge in [-0.15, -0.1) is 0 Å². The van der Waals surface area contributed by atoms with Gasteiger partial charge in [-0.3, -0.25) is 0 Å². The zero-order valence-electron chi connectivity index (χ0n) is 10.6. The Hall–Kier alpha value is -2.61. The molecule has 2 aromatic rings. The van der Waals surface area contributed by atoms with Crippen molar-refractivity contribution in [2.45, 2.75) is 13.5 Å². The van der Waals surface area contributed by atoms with Gasteiger partial charge in [0.1, 0.15) is 11.9 Å². The van der Waals surface area contributed by atoms with Crippen LogP contribution in [0.15, 0.2) is 36.7 Å². The Morgan fingerprint density at radius 3 is 2.89 bits per heavy atom. The van der Waals surface area contributed by atoms with Crippen LogP contribution in [0.2, 0.25) is 0 Å². The Morgan fingerprint density at radius 1 is 1.32 bits per heavy atom. The van der Waals surface area contributed by atoms with Crippen LogP contribution in [0.25, 0.3) is 0 Å². The molecule has 2 heterocycles. The molecule has 0 unspecified atom stereocenters. The van der Waals surface area contributed by atoms with Crippen molar-refractivity contribution in [3.63, 3.8) is 0 Å². The average molecular weight is 254 g/mol. The number of aromatic nitrogens is 2. The highest BCUT2D eigenvalue weighted by Crippen LogP contribution is 2.11. The Balaban J connectivity index is 1.97. The van der Waals surface area contributed by atoms with Crippen molar-refractivity contribution < 1.29 is 4.74 Å². The second-order valence-corrected chi connectivity index (χ2v) is 3.83. The summed E-state index contributed by atoms with van der Waals surface area (Å²) in [5.41, 5.74) is 1.61. The van der Waals surface area contributed by atoms with Crippen LogP contribution in [0.1, 0.15) is 18.1 Å². The number of rotatable bonds is 5. The predicted molar refractivity (Wildman–Crippen MR) is 71.7 cm³/mol. The summed E-state index contributed by atoms with van der Waals surface area (Å²) in [7, 11) is 0. The number of hydrogen-bond acceptors (Lipinski definition) is 5. The number of ether oxygens (including phenoxy) is 1. The van der Waals surface area contributed by atoms with E-state index in [9.17, 15) is 0 Å². The van der Waals surface area contributed by atoms with Crippen LogP contribution in [0.5, 0.6) is 5.88 Å². The van der Waals surface area contributed by atoms with Gasteiger partial charge < -0.3 is 10.1 Å². The molecule has 0 atom stereocenters. The zero-order valence-corrected chi connectivity index (χ0v) is 10.6. The molecule has 2 aromatic heterocycles. The van der Waals surface area contributed by atoms with E-state index < -0.39 is 0 Å². The maximum atomic E-state index is 8.69. The smallest absolute Gasteiger partial charge is 0.213 e. The molecule has 1 N–H and O–H groups in total. The minimum absolute atomic E-state index is 0.549. The van der Waals surface area contributed by atoms with E-state index in [2.05, 4.69) is 15.3 Å². The third-order valence-corrected chi connectivity index (χ3v) is 2.46. The second-order valence-electron chi connectivity index (χ2n) is 3.83. The third kappa shape index (κ3) is 3.68. The Morgan fingerprint density at radius 2 is 2.21 bits per heavy atom. The maximum absolute atomic E-state index is 8.69. The summed E-state index contributed by atoms with van der Waals surface area (Å²) in [6.45, 7) is 3.15. The van der Waals surface area contributed by atoms with Gasteiger partial charge in [0.15, 0.2) is 0 Å². The molecule has 5 nitrogen and oxygen atoms in total. The van der Waals surface area contributed by atoms with Crippen molar-refractivity contribution in [1.82, 2.24) is 9.97 Å². The molecule has 96 valence electrons. The van der Waals surface area contributed by atoms with Gasteiger partial charge in [-0.05, 0) is 30.7 Å². The fraction of sp³-hybridized carbons (Fsp3) is 0.214. The molecule has 2 rings (SSSR count). The minimum atomic E-state index is 0.549. The Bertz CT molecular complexity index is 575. The molecule has 0 fully saturated rings. The number of pyridine rings is 2. The van der Waals surface area contributed by atoms with Crippen LogP contribution in [0.3, 0.4) is 0 Å². The predicted octanol–water partition coefficient (Wildman–Crippen LogP) is 2.36. The molecule has 0 amide bonds. The van der Waals surface area contributed by atoms with Gasteiger partial charge in [-0.1, -0.05) is 0 Å². The van der Waals surface area contributed by atoms with Crippen molar-refractivity contribution in [2.24, 2.45) is 0 Å². The van der Waals surface area contributed by atoms with E-state index in [1.807, 2.05) is 25.1 Å². The highest BCUT2D eigenvalue weighted by atomic mass is 16.5. The van der Waals surface area contributed by atoms with Crippen molar-refractivity contribution >= 4 is 5.82 Å². The van der Waals surface area contributed by atoms with Crippen LogP contribution in [0.4, 0.5) is 5.82 Å². The molecule has 5 heteroatoms. The molecule has 0 radical (unpaired) electrons. The van der Waals surface area contributed by atoms with Gasteiger partial charge in [-0.2, -0.15) is 5.26 Å². The molecule has 0 spiro atoms. The van der Waals surface area contributed by atoms with Crippen molar-refractivity contribution in [3.8, 4) is 11.9 Å². The van der Waals surface area contributed by atoms with Crippen LogP contribution < -0.4 is 10.1 Å². The lowest BCUT2D eigenvalue weighted by Gasteiger charge is -2.07. The van der Waals surface area contributed by atoms with E-state index in [0.29, 0.717) is 24.6 Å². The first-order valence-electron chi connectivity index (χ1n) is 5.99. The number of hydrogen-bond donors (Lipinski definition) is 1. The summed E-state index contributed by atoms with van der Waals surface area (Å²) in [4.78, 5) is 8.25. The number of nitriles is 1.